The van der Waals surface area contributed by atoms with Crippen LogP contribution in [0.1, 0.15) is 53.7 Å². The Morgan fingerprint density at radius 2 is 1.81 bits per heavy atom. The van der Waals surface area contributed by atoms with E-state index in [-0.39, 0.29) is 0 Å². The minimum absolute atomic E-state index is 0.716. The van der Waals surface area contributed by atoms with Gasteiger partial charge in [-0.3, -0.25) is 0 Å². The Bertz CT molecular complexity index is 599. The van der Waals surface area contributed by atoms with E-state index in [9.17, 15) is 0 Å². The average molecular weight is 214 g/mol. The molecule has 0 amide bonds. The van der Waals surface area contributed by atoms with Crippen LogP contribution in [-0.2, 0) is 0 Å². The Balaban J connectivity index is 2.17. The molecule has 0 aliphatic heterocycles. The molecule has 0 saturated heterocycles. The monoisotopic (exact) mass is 214 g/mol. The third-order valence-corrected chi connectivity index (χ3v) is 4.22. The van der Waals surface area contributed by atoms with E-state index in [0.29, 0.717) is 5.92 Å². The van der Waals surface area contributed by atoms with Gasteiger partial charge in [-0.2, -0.15) is 9.61 Å². The molecule has 16 heavy (non-hydrogen) atoms. The van der Waals surface area contributed by atoms with Gasteiger partial charge in [-0.15, -0.1) is 10.2 Å². The summed E-state index contributed by atoms with van der Waals surface area (Å²) in [6.45, 7) is 4.09. The molecule has 2 atom stereocenters. The van der Waals surface area contributed by atoms with Crippen LogP contribution < -0.4 is 0 Å². The average Bonchev–Trinajstić information content (AvgIpc) is 2.94. The molecule has 2 heterocycles. The Morgan fingerprint density at radius 1 is 1.06 bits per heavy atom. The standard InChI is InChI=1S/C12H14N4/c1-6-10-8-3-4-9(5-8)11(10)12-14-13-7(2)16(12)15-6/h8-9H,3-5H2,1-2H3. The zero-order valence-corrected chi connectivity index (χ0v) is 9.56. The molecule has 2 aromatic rings. The van der Waals surface area contributed by atoms with Gasteiger partial charge < -0.3 is 0 Å². The van der Waals surface area contributed by atoms with Crippen LogP contribution in [0.3, 0.4) is 0 Å². The molecule has 2 aromatic heterocycles. The van der Waals surface area contributed by atoms with Gasteiger partial charge in [0.1, 0.15) is 0 Å². The molecule has 1 fully saturated rings. The molecule has 0 N–H and O–H groups in total. The van der Waals surface area contributed by atoms with Crippen LogP contribution >= 0.6 is 0 Å². The minimum Gasteiger partial charge on any atom is -0.197 e. The topological polar surface area (TPSA) is 43.1 Å². The Labute approximate surface area is 93.7 Å². The van der Waals surface area contributed by atoms with Gasteiger partial charge in [0, 0.05) is 5.56 Å². The highest BCUT2D eigenvalue weighted by molar-refractivity contribution is 5.59. The van der Waals surface area contributed by atoms with Crippen molar-refractivity contribution in [3.63, 3.8) is 0 Å². The van der Waals surface area contributed by atoms with Gasteiger partial charge >= 0.3 is 0 Å². The van der Waals surface area contributed by atoms with Crippen molar-refractivity contribution in [1.82, 2.24) is 19.8 Å². The molecule has 0 radical (unpaired) electrons. The lowest BCUT2D eigenvalue weighted by molar-refractivity contribution is 0.693. The first-order valence-electron chi connectivity index (χ1n) is 5.98. The quantitative estimate of drug-likeness (QED) is 0.674. The predicted octanol–water partition coefficient (Wildman–Crippen LogP) is 2.11. The lowest BCUT2D eigenvalue weighted by Crippen LogP contribution is -2.08. The van der Waals surface area contributed by atoms with E-state index in [4.69, 9.17) is 0 Å². The number of hydrogen-bond acceptors (Lipinski definition) is 3. The summed E-state index contributed by atoms with van der Waals surface area (Å²) in [5, 5.41) is 13.1. The summed E-state index contributed by atoms with van der Waals surface area (Å²) in [5.74, 6) is 2.35. The molecule has 4 rings (SSSR count). The number of nitrogens with zero attached hydrogens (tertiary/aromatic N) is 4. The van der Waals surface area contributed by atoms with Crippen molar-refractivity contribution in [2.24, 2.45) is 0 Å². The highest BCUT2D eigenvalue weighted by Gasteiger charge is 2.40. The number of fused-ring (bicyclic) bond motifs is 7. The van der Waals surface area contributed by atoms with Gasteiger partial charge in [-0.05, 0) is 50.5 Å². The van der Waals surface area contributed by atoms with Gasteiger partial charge in [0.2, 0.25) is 0 Å². The van der Waals surface area contributed by atoms with E-state index in [0.717, 1.165) is 17.4 Å². The Kier molecular flexibility index (Phi) is 1.42. The second-order valence-corrected chi connectivity index (χ2v) is 5.10. The maximum atomic E-state index is 4.62. The molecule has 0 aromatic carbocycles. The number of aryl methyl sites for hydroxylation is 2. The van der Waals surface area contributed by atoms with Crippen LogP contribution in [0.15, 0.2) is 0 Å². The van der Waals surface area contributed by atoms with E-state index >= 15 is 0 Å². The summed E-state index contributed by atoms with van der Waals surface area (Å²) in [6, 6.07) is 0. The first-order chi connectivity index (χ1) is 7.75. The van der Waals surface area contributed by atoms with Crippen molar-refractivity contribution in [3.05, 3.63) is 22.6 Å². The molecular formula is C12H14N4. The van der Waals surface area contributed by atoms with E-state index in [1.54, 1.807) is 0 Å². The molecule has 1 saturated carbocycles. The maximum absolute atomic E-state index is 4.62. The zero-order chi connectivity index (χ0) is 10.9. The molecule has 4 nitrogen and oxygen atoms in total. The van der Waals surface area contributed by atoms with Crippen molar-refractivity contribution in [1.29, 1.82) is 0 Å². The van der Waals surface area contributed by atoms with Crippen molar-refractivity contribution in [2.75, 3.05) is 0 Å². The maximum Gasteiger partial charge on any atom is 0.181 e. The second-order valence-electron chi connectivity index (χ2n) is 5.10. The second kappa shape index (κ2) is 2.62. The van der Waals surface area contributed by atoms with Gasteiger partial charge in [0.25, 0.3) is 0 Å². The van der Waals surface area contributed by atoms with E-state index in [1.807, 2.05) is 11.4 Å². The van der Waals surface area contributed by atoms with E-state index < -0.39 is 0 Å². The van der Waals surface area contributed by atoms with Crippen molar-refractivity contribution in [2.45, 2.75) is 44.9 Å². The molecule has 0 spiro atoms. The van der Waals surface area contributed by atoms with Gasteiger partial charge in [0.15, 0.2) is 11.5 Å². The molecule has 2 aliphatic carbocycles. The molecule has 2 bridgehead atoms. The minimum atomic E-state index is 0.716. The van der Waals surface area contributed by atoms with Crippen LogP contribution in [-0.4, -0.2) is 19.8 Å². The van der Waals surface area contributed by atoms with Gasteiger partial charge in [-0.25, -0.2) is 0 Å². The summed E-state index contributed by atoms with van der Waals surface area (Å²) in [5.41, 5.74) is 5.11. The van der Waals surface area contributed by atoms with E-state index in [2.05, 4.69) is 22.2 Å². The Morgan fingerprint density at radius 3 is 2.62 bits per heavy atom. The molecule has 4 heteroatoms. The summed E-state index contributed by atoms with van der Waals surface area (Å²) in [6.07, 6.45) is 3.97. The zero-order valence-electron chi connectivity index (χ0n) is 9.56. The van der Waals surface area contributed by atoms with Crippen molar-refractivity contribution >= 4 is 5.65 Å². The molecule has 82 valence electrons. The third-order valence-electron chi connectivity index (χ3n) is 4.22. The van der Waals surface area contributed by atoms with Gasteiger partial charge in [-0.1, -0.05) is 0 Å². The SMILES string of the molecule is Cc1nn2c(C)nnc2c2c1C1CCC2C1. The van der Waals surface area contributed by atoms with Crippen molar-refractivity contribution < 1.29 is 0 Å². The summed E-state index contributed by atoms with van der Waals surface area (Å²) in [4.78, 5) is 0. The van der Waals surface area contributed by atoms with Crippen LogP contribution in [0.5, 0.6) is 0 Å². The van der Waals surface area contributed by atoms with E-state index in [1.165, 1.54) is 36.1 Å². The first-order valence-corrected chi connectivity index (χ1v) is 5.98. The third kappa shape index (κ3) is 0.844. The first kappa shape index (κ1) is 8.67. The highest BCUT2D eigenvalue weighted by atomic mass is 15.4. The van der Waals surface area contributed by atoms with Crippen molar-refractivity contribution in [3.8, 4) is 0 Å². The van der Waals surface area contributed by atoms with Gasteiger partial charge in [0.05, 0.1) is 5.69 Å². The summed E-state index contributed by atoms with van der Waals surface area (Å²) in [7, 11) is 0. The molecule has 2 unspecified atom stereocenters. The largest absolute Gasteiger partial charge is 0.197 e. The van der Waals surface area contributed by atoms with Crippen LogP contribution in [0.25, 0.3) is 5.65 Å². The Hall–Kier alpha value is -1.45. The summed E-state index contributed by atoms with van der Waals surface area (Å²) < 4.78 is 1.91. The summed E-state index contributed by atoms with van der Waals surface area (Å²) >= 11 is 0. The molecule has 2 aliphatic rings. The normalized spacial score (nSPS) is 26.6. The lowest BCUT2D eigenvalue weighted by Gasteiger charge is -2.17. The predicted molar refractivity (Wildman–Crippen MR) is 59.6 cm³/mol. The smallest absolute Gasteiger partial charge is 0.181 e. The van der Waals surface area contributed by atoms with Crippen LogP contribution in [0.4, 0.5) is 0 Å². The fraction of sp³-hybridized carbons (Fsp3) is 0.583. The lowest BCUT2D eigenvalue weighted by atomic mass is 9.92. The van der Waals surface area contributed by atoms with Crippen LogP contribution in [0.2, 0.25) is 0 Å². The fourth-order valence-corrected chi connectivity index (χ4v) is 3.59. The highest BCUT2D eigenvalue weighted by Crippen LogP contribution is 2.54. The number of hydrogen-bond donors (Lipinski definition) is 0. The molecular weight excluding hydrogens is 200 g/mol. The fourth-order valence-electron chi connectivity index (χ4n) is 3.59. The number of rotatable bonds is 0. The van der Waals surface area contributed by atoms with Crippen LogP contribution in [0, 0.1) is 13.8 Å². The number of aromatic nitrogens is 4.